The summed E-state index contributed by atoms with van der Waals surface area (Å²) < 4.78 is 35.8. The molecule has 0 saturated carbocycles. The third kappa shape index (κ3) is 6.91. The lowest BCUT2D eigenvalue weighted by Crippen LogP contribution is -2.53. The number of ether oxygens (including phenoxy) is 2. The van der Waals surface area contributed by atoms with Crippen molar-refractivity contribution in [1.29, 1.82) is 0 Å². The van der Waals surface area contributed by atoms with E-state index < -0.39 is 21.5 Å². The van der Waals surface area contributed by atoms with Crippen molar-refractivity contribution in [3.8, 4) is 11.5 Å². The first kappa shape index (κ1) is 21.2. The van der Waals surface area contributed by atoms with E-state index in [1.54, 1.807) is 20.3 Å². The molecule has 1 aromatic carbocycles. The molecular formula is C17H28N2O5S. The third-order valence-corrected chi connectivity index (χ3v) is 4.28. The molecule has 142 valence electrons. The van der Waals surface area contributed by atoms with Gasteiger partial charge in [0.15, 0.2) is 11.5 Å². The number of nitrogens with one attached hydrogen (secondary N) is 2. The highest BCUT2D eigenvalue weighted by atomic mass is 32.2. The molecule has 0 fully saturated rings. The molecule has 0 radical (unpaired) electrons. The number of hydrogen-bond acceptors (Lipinski definition) is 5. The van der Waals surface area contributed by atoms with Gasteiger partial charge in [0.2, 0.25) is 15.9 Å². The highest BCUT2D eigenvalue weighted by Gasteiger charge is 2.33. The Kier molecular flexibility index (Phi) is 7.25. The smallest absolute Gasteiger partial charge is 0.238 e. The molecule has 0 heterocycles. The van der Waals surface area contributed by atoms with Crippen molar-refractivity contribution in [2.45, 2.75) is 33.2 Å². The lowest BCUT2D eigenvalue weighted by Gasteiger charge is -2.29. The molecule has 1 rings (SSSR count). The van der Waals surface area contributed by atoms with E-state index in [2.05, 4.69) is 10.0 Å². The number of benzene rings is 1. The van der Waals surface area contributed by atoms with Gasteiger partial charge in [-0.3, -0.25) is 4.79 Å². The van der Waals surface area contributed by atoms with Gasteiger partial charge in [-0.15, -0.1) is 0 Å². The quantitative estimate of drug-likeness (QED) is 0.718. The Labute approximate surface area is 150 Å². The molecular weight excluding hydrogens is 344 g/mol. The van der Waals surface area contributed by atoms with Crippen LogP contribution in [0.5, 0.6) is 11.5 Å². The predicted molar refractivity (Wildman–Crippen MR) is 97.5 cm³/mol. The van der Waals surface area contributed by atoms with Crippen LogP contribution in [0.3, 0.4) is 0 Å². The number of rotatable bonds is 8. The van der Waals surface area contributed by atoms with Gasteiger partial charge in [0.1, 0.15) is 6.04 Å². The van der Waals surface area contributed by atoms with Crippen LogP contribution in [-0.2, 0) is 21.2 Å². The summed E-state index contributed by atoms with van der Waals surface area (Å²) >= 11 is 0. The second-order valence-corrected chi connectivity index (χ2v) is 8.70. The zero-order valence-electron chi connectivity index (χ0n) is 15.7. The van der Waals surface area contributed by atoms with Gasteiger partial charge < -0.3 is 14.8 Å². The lowest BCUT2D eigenvalue weighted by molar-refractivity contribution is -0.124. The minimum atomic E-state index is -3.49. The van der Waals surface area contributed by atoms with E-state index in [0.29, 0.717) is 24.5 Å². The van der Waals surface area contributed by atoms with Crippen molar-refractivity contribution in [2.24, 2.45) is 5.41 Å². The zero-order chi connectivity index (χ0) is 19.3. The van der Waals surface area contributed by atoms with Crippen LogP contribution in [0.15, 0.2) is 18.2 Å². The Bertz CT molecular complexity index is 695. The molecule has 0 spiro atoms. The summed E-state index contributed by atoms with van der Waals surface area (Å²) in [5, 5.41) is 2.79. The largest absolute Gasteiger partial charge is 0.493 e. The summed E-state index contributed by atoms with van der Waals surface area (Å²) in [6.45, 7) is 5.81. The van der Waals surface area contributed by atoms with Crippen LogP contribution in [0, 0.1) is 5.41 Å². The normalized spacial score (nSPS) is 13.2. The number of hydrogen-bond donors (Lipinski definition) is 2. The number of carbonyl (C=O) groups is 1. The van der Waals surface area contributed by atoms with Crippen LogP contribution in [0.25, 0.3) is 0 Å². The van der Waals surface area contributed by atoms with E-state index in [0.717, 1.165) is 11.8 Å². The molecule has 1 amide bonds. The average molecular weight is 372 g/mol. The minimum Gasteiger partial charge on any atom is -0.493 e. The summed E-state index contributed by atoms with van der Waals surface area (Å²) in [5.74, 6) is 0.913. The van der Waals surface area contributed by atoms with Gasteiger partial charge in [-0.1, -0.05) is 26.8 Å². The molecule has 1 atom stereocenters. The van der Waals surface area contributed by atoms with Crippen molar-refractivity contribution < 1.29 is 22.7 Å². The number of methoxy groups -OCH3 is 2. The first-order valence-corrected chi connectivity index (χ1v) is 9.83. The Morgan fingerprint density at radius 3 is 2.24 bits per heavy atom. The molecule has 1 unspecified atom stereocenters. The number of carbonyl (C=O) groups excluding carboxylic acids is 1. The Morgan fingerprint density at radius 1 is 1.16 bits per heavy atom. The van der Waals surface area contributed by atoms with Crippen LogP contribution in [0.2, 0.25) is 0 Å². The molecule has 7 nitrogen and oxygen atoms in total. The van der Waals surface area contributed by atoms with E-state index in [-0.39, 0.29) is 5.91 Å². The molecule has 25 heavy (non-hydrogen) atoms. The maximum absolute atomic E-state index is 12.4. The summed E-state index contributed by atoms with van der Waals surface area (Å²) in [5.41, 5.74) is 0.428. The SMILES string of the molecule is COc1ccc(CCNC(=O)C(NS(C)(=O)=O)C(C)(C)C)cc1OC. The summed E-state index contributed by atoms with van der Waals surface area (Å²) in [6.07, 6.45) is 1.63. The molecule has 0 aromatic heterocycles. The van der Waals surface area contributed by atoms with E-state index >= 15 is 0 Å². The van der Waals surface area contributed by atoms with Crippen LogP contribution >= 0.6 is 0 Å². The second kappa shape index (κ2) is 8.53. The fraction of sp³-hybridized carbons (Fsp3) is 0.588. The van der Waals surface area contributed by atoms with Gasteiger partial charge >= 0.3 is 0 Å². The molecule has 8 heteroatoms. The van der Waals surface area contributed by atoms with Crippen molar-refractivity contribution in [3.05, 3.63) is 23.8 Å². The van der Waals surface area contributed by atoms with Crippen LogP contribution in [-0.4, -0.2) is 47.4 Å². The molecule has 0 aliphatic rings. The van der Waals surface area contributed by atoms with Gasteiger partial charge in [0.25, 0.3) is 0 Å². The lowest BCUT2D eigenvalue weighted by atomic mass is 9.87. The standard InChI is InChI=1S/C17H28N2O5S/c1-17(2,3)15(19-25(6,21)22)16(20)18-10-9-12-7-8-13(23-4)14(11-12)24-5/h7-8,11,15,19H,9-10H2,1-6H3,(H,18,20). The second-order valence-electron chi connectivity index (χ2n) is 6.92. The molecule has 0 aliphatic heterocycles. The maximum atomic E-state index is 12.4. The van der Waals surface area contributed by atoms with E-state index in [4.69, 9.17) is 9.47 Å². The fourth-order valence-corrected chi connectivity index (χ4v) is 3.19. The van der Waals surface area contributed by atoms with Crippen LogP contribution < -0.4 is 19.5 Å². The van der Waals surface area contributed by atoms with E-state index in [9.17, 15) is 13.2 Å². The van der Waals surface area contributed by atoms with Gasteiger partial charge in [-0.2, -0.15) is 0 Å². The molecule has 0 bridgehead atoms. The van der Waals surface area contributed by atoms with Crippen molar-refractivity contribution in [1.82, 2.24) is 10.0 Å². The Morgan fingerprint density at radius 2 is 1.76 bits per heavy atom. The Hall–Kier alpha value is -1.80. The molecule has 0 aliphatic carbocycles. The molecule has 2 N–H and O–H groups in total. The van der Waals surface area contributed by atoms with Gasteiger partial charge in [-0.25, -0.2) is 13.1 Å². The summed E-state index contributed by atoms with van der Waals surface area (Å²) in [4.78, 5) is 12.4. The molecule has 0 saturated heterocycles. The summed E-state index contributed by atoms with van der Waals surface area (Å²) in [6, 6.07) is 4.71. The third-order valence-electron chi connectivity index (χ3n) is 3.62. The minimum absolute atomic E-state index is 0.349. The van der Waals surface area contributed by atoms with Gasteiger partial charge in [0.05, 0.1) is 20.5 Å². The molecule has 1 aromatic rings. The monoisotopic (exact) mass is 372 g/mol. The fourth-order valence-electron chi connectivity index (χ4n) is 2.31. The van der Waals surface area contributed by atoms with Crippen LogP contribution in [0.1, 0.15) is 26.3 Å². The first-order valence-electron chi connectivity index (χ1n) is 7.94. The van der Waals surface area contributed by atoms with E-state index in [1.807, 2.05) is 32.9 Å². The van der Waals surface area contributed by atoms with Gasteiger partial charge in [-0.05, 0) is 29.5 Å². The van der Waals surface area contributed by atoms with Crippen molar-refractivity contribution >= 4 is 15.9 Å². The Balaban J connectivity index is 2.71. The van der Waals surface area contributed by atoms with Gasteiger partial charge in [0, 0.05) is 6.54 Å². The van der Waals surface area contributed by atoms with Crippen LogP contribution in [0.4, 0.5) is 0 Å². The topological polar surface area (TPSA) is 93.7 Å². The maximum Gasteiger partial charge on any atom is 0.238 e. The highest BCUT2D eigenvalue weighted by Crippen LogP contribution is 2.27. The highest BCUT2D eigenvalue weighted by molar-refractivity contribution is 7.88. The van der Waals surface area contributed by atoms with E-state index in [1.165, 1.54) is 0 Å². The predicted octanol–water partition coefficient (Wildman–Crippen LogP) is 1.33. The number of sulfonamides is 1. The summed E-state index contributed by atoms with van der Waals surface area (Å²) in [7, 11) is -0.354. The number of amides is 1. The van der Waals surface area contributed by atoms with Crippen molar-refractivity contribution in [2.75, 3.05) is 27.0 Å². The first-order chi connectivity index (χ1) is 11.5. The average Bonchev–Trinajstić information content (AvgIpc) is 2.50. The zero-order valence-corrected chi connectivity index (χ0v) is 16.5. The van der Waals surface area contributed by atoms with Crippen molar-refractivity contribution in [3.63, 3.8) is 0 Å².